The molecule has 0 aliphatic carbocycles. The van der Waals surface area contributed by atoms with Crippen LogP contribution in [0.2, 0.25) is 0 Å². The Morgan fingerprint density at radius 1 is 1.25 bits per heavy atom. The van der Waals surface area contributed by atoms with Crippen LogP contribution in [-0.4, -0.2) is 38.2 Å². The molecule has 3 nitrogen and oxygen atoms in total. The second-order valence-electron chi connectivity index (χ2n) is 4.39. The molecule has 0 fully saturated rings. The summed E-state index contributed by atoms with van der Waals surface area (Å²) >= 11 is 0. The van der Waals surface area contributed by atoms with Crippen molar-refractivity contribution >= 4 is 0 Å². The third kappa shape index (κ3) is 3.22. The van der Waals surface area contributed by atoms with Gasteiger partial charge in [0.1, 0.15) is 12.4 Å². The van der Waals surface area contributed by atoms with Crippen LogP contribution >= 0.6 is 0 Å². The van der Waals surface area contributed by atoms with Crippen LogP contribution in [0.25, 0.3) is 0 Å². The molecular weight excluding hydrogens is 200 g/mol. The fourth-order valence-electron chi connectivity index (χ4n) is 1.63. The molecule has 0 aliphatic heterocycles. The summed E-state index contributed by atoms with van der Waals surface area (Å²) in [6.07, 6.45) is 0. The Morgan fingerprint density at radius 2 is 1.81 bits per heavy atom. The van der Waals surface area contributed by atoms with Crippen LogP contribution in [-0.2, 0) is 0 Å². The Hall–Kier alpha value is -1.06. The molecule has 0 radical (unpaired) electrons. The average Bonchev–Trinajstić information content (AvgIpc) is 2.22. The van der Waals surface area contributed by atoms with Gasteiger partial charge in [-0.05, 0) is 39.1 Å². The maximum atomic E-state index is 5.86. The molecule has 0 saturated heterocycles. The lowest BCUT2D eigenvalue weighted by atomic mass is 10.1. The molecule has 0 aliphatic rings. The van der Waals surface area contributed by atoms with E-state index in [0.717, 1.165) is 5.75 Å². The number of ether oxygens (including phenoxy) is 1. The standard InChI is InChI=1S/C13H22N2O/c1-10-6-5-7-11(2)13(10)16-9-12(8-14)15(3)4/h5-7,12H,8-9,14H2,1-4H3. The summed E-state index contributed by atoms with van der Waals surface area (Å²) < 4.78 is 5.86. The molecule has 1 aromatic rings. The minimum Gasteiger partial charge on any atom is -0.491 e. The third-order valence-electron chi connectivity index (χ3n) is 2.83. The van der Waals surface area contributed by atoms with E-state index >= 15 is 0 Å². The zero-order valence-electron chi connectivity index (χ0n) is 10.7. The fraction of sp³-hybridized carbons (Fsp3) is 0.538. The Bertz CT molecular complexity index is 316. The first-order chi connectivity index (χ1) is 7.56. The van der Waals surface area contributed by atoms with E-state index in [1.807, 2.05) is 20.2 Å². The number of hydrogen-bond donors (Lipinski definition) is 1. The molecule has 0 aromatic heterocycles. The lowest BCUT2D eigenvalue weighted by Crippen LogP contribution is -2.40. The zero-order chi connectivity index (χ0) is 12.1. The molecule has 1 unspecified atom stereocenters. The fourth-order valence-corrected chi connectivity index (χ4v) is 1.63. The smallest absolute Gasteiger partial charge is 0.125 e. The number of aryl methyl sites for hydroxylation is 2. The first-order valence-corrected chi connectivity index (χ1v) is 5.61. The minimum absolute atomic E-state index is 0.263. The van der Waals surface area contributed by atoms with Crippen LogP contribution in [0.1, 0.15) is 11.1 Å². The summed E-state index contributed by atoms with van der Waals surface area (Å²) in [6.45, 7) is 5.37. The average molecular weight is 222 g/mol. The number of nitrogens with two attached hydrogens (primary N) is 1. The van der Waals surface area contributed by atoms with Gasteiger partial charge < -0.3 is 15.4 Å². The summed E-state index contributed by atoms with van der Waals surface area (Å²) in [4.78, 5) is 2.09. The van der Waals surface area contributed by atoms with Crippen molar-refractivity contribution in [2.45, 2.75) is 19.9 Å². The highest BCUT2D eigenvalue weighted by Crippen LogP contribution is 2.22. The Kier molecular flexibility index (Phi) is 4.77. The van der Waals surface area contributed by atoms with E-state index < -0.39 is 0 Å². The monoisotopic (exact) mass is 222 g/mol. The zero-order valence-corrected chi connectivity index (χ0v) is 10.7. The van der Waals surface area contributed by atoms with Gasteiger partial charge >= 0.3 is 0 Å². The van der Waals surface area contributed by atoms with Gasteiger partial charge in [-0.2, -0.15) is 0 Å². The normalized spacial score (nSPS) is 12.9. The quantitative estimate of drug-likeness (QED) is 0.822. The molecule has 16 heavy (non-hydrogen) atoms. The van der Waals surface area contributed by atoms with E-state index in [0.29, 0.717) is 13.2 Å². The molecule has 3 heteroatoms. The van der Waals surface area contributed by atoms with Crippen molar-refractivity contribution in [2.24, 2.45) is 5.73 Å². The highest BCUT2D eigenvalue weighted by Gasteiger charge is 2.11. The van der Waals surface area contributed by atoms with Crippen molar-refractivity contribution in [3.8, 4) is 5.75 Å². The predicted molar refractivity (Wildman–Crippen MR) is 67.9 cm³/mol. The highest BCUT2D eigenvalue weighted by molar-refractivity contribution is 5.39. The van der Waals surface area contributed by atoms with Gasteiger partial charge in [0.25, 0.3) is 0 Å². The second kappa shape index (κ2) is 5.87. The van der Waals surface area contributed by atoms with Gasteiger partial charge in [-0.1, -0.05) is 18.2 Å². The van der Waals surface area contributed by atoms with Gasteiger partial charge in [-0.3, -0.25) is 0 Å². The third-order valence-corrected chi connectivity index (χ3v) is 2.83. The summed E-state index contributed by atoms with van der Waals surface area (Å²) in [6, 6.07) is 6.44. The first-order valence-electron chi connectivity index (χ1n) is 5.61. The van der Waals surface area contributed by atoms with Gasteiger partial charge in [0.05, 0.1) is 6.04 Å². The Morgan fingerprint density at radius 3 is 2.25 bits per heavy atom. The van der Waals surface area contributed by atoms with Crippen LogP contribution < -0.4 is 10.5 Å². The van der Waals surface area contributed by atoms with Crippen molar-refractivity contribution < 1.29 is 4.74 Å². The van der Waals surface area contributed by atoms with Crippen LogP contribution in [0.4, 0.5) is 0 Å². The van der Waals surface area contributed by atoms with Crippen molar-refractivity contribution in [3.05, 3.63) is 29.3 Å². The highest BCUT2D eigenvalue weighted by atomic mass is 16.5. The van der Waals surface area contributed by atoms with Crippen molar-refractivity contribution in [3.63, 3.8) is 0 Å². The van der Waals surface area contributed by atoms with E-state index in [1.165, 1.54) is 11.1 Å². The van der Waals surface area contributed by atoms with Crippen LogP contribution in [0, 0.1) is 13.8 Å². The molecule has 2 N–H and O–H groups in total. The molecule has 1 rings (SSSR count). The molecular formula is C13H22N2O. The second-order valence-corrected chi connectivity index (χ2v) is 4.39. The van der Waals surface area contributed by atoms with E-state index in [2.05, 4.69) is 30.9 Å². The van der Waals surface area contributed by atoms with Crippen molar-refractivity contribution in [1.82, 2.24) is 4.90 Å². The summed E-state index contributed by atoms with van der Waals surface area (Å²) in [5.41, 5.74) is 8.04. The van der Waals surface area contributed by atoms with E-state index in [1.54, 1.807) is 0 Å². The van der Waals surface area contributed by atoms with E-state index in [-0.39, 0.29) is 6.04 Å². The maximum Gasteiger partial charge on any atom is 0.125 e. The number of para-hydroxylation sites is 1. The lowest BCUT2D eigenvalue weighted by molar-refractivity contribution is 0.188. The maximum absolute atomic E-state index is 5.86. The van der Waals surface area contributed by atoms with Gasteiger partial charge in [-0.25, -0.2) is 0 Å². The SMILES string of the molecule is Cc1cccc(C)c1OCC(CN)N(C)C. The molecule has 1 atom stereocenters. The van der Waals surface area contributed by atoms with Gasteiger partial charge in [0.15, 0.2) is 0 Å². The molecule has 0 saturated carbocycles. The number of hydrogen-bond acceptors (Lipinski definition) is 3. The molecule has 0 spiro atoms. The van der Waals surface area contributed by atoms with Gasteiger partial charge in [0.2, 0.25) is 0 Å². The minimum atomic E-state index is 0.263. The topological polar surface area (TPSA) is 38.5 Å². The molecule has 90 valence electrons. The summed E-state index contributed by atoms with van der Waals surface area (Å²) in [7, 11) is 4.04. The van der Waals surface area contributed by atoms with Crippen LogP contribution in [0.15, 0.2) is 18.2 Å². The molecule has 0 amide bonds. The van der Waals surface area contributed by atoms with Gasteiger partial charge in [0, 0.05) is 6.54 Å². The number of rotatable bonds is 5. The summed E-state index contributed by atoms with van der Waals surface area (Å²) in [5.74, 6) is 0.989. The largest absolute Gasteiger partial charge is 0.491 e. The summed E-state index contributed by atoms with van der Waals surface area (Å²) in [5, 5.41) is 0. The van der Waals surface area contributed by atoms with E-state index in [9.17, 15) is 0 Å². The number of nitrogens with zero attached hydrogens (tertiary/aromatic N) is 1. The van der Waals surface area contributed by atoms with Gasteiger partial charge in [-0.15, -0.1) is 0 Å². The molecule has 1 aromatic carbocycles. The number of benzene rings is 1. The Labute approximate surface area is 98.2 Å². The van der Waals surface area contributed by atoms with Crippen LogP contribution in [0.5, 0.6) is 5.75 Å². The molecule has 0 heterocycles. The Balaban J connectivity index is 2.67. The lowest BCUT2D eigenvalue weighted by Gasteiger charge is -2.23. The number of likely N-dealkylation sites (N-methyl/N-ethyl adjacent to an activating group) is 1. The van der Waals surface area contributed by atoms with E-state index in [4.69, 9.17) is 10.5 Å². The first kappa shape index (κ1) is 13.0. The van der Waals surface area contributed by atoms with Crippen LogP contribution in [0.3, 0.4) is 0 Å². The predicted octanol–water partition coefficient (Wildman–Crippen LogP) is 1.57. The molecule has 0 bridgehead atoms. The van der Waals surface area contributed by atoms with Crippen molar-refractivity contribution in [2.75, 3.05) is 27.2 Å². The van der Waals surface area contributed by atoms with Crippen molar-refractivity contribution in [1.29, 1.82) is 0 Å².